The van der Waals surface area contributed by atoms with Crippen molar-refractivity contribution in [1.82, 2.24) is 0 Å². The van der Waals surface area contributed by atoms with Crippen molar-refractivity contribution in [1.29, 1.82) is 0 Å². The van der Waals surface area contributed by atoms with Gasteiger partial charge in [0.25, 0.3) is 0 Å². The Bertz CT molecular complexity index is 1130. The molecule has 0 unspecified atom stereocenters. The van der Waals surface area contributed by atoms with E-state index in [9.17, 15) is 14.7 Å². The molecular formula is C38H63NO4. The van der Waals surface area contributed by atoms with Gasteiger partial charge in [-0.1, -0.05) is 60.6 Å². The first-order valence-corrected chi connectivity index (χ1v) is 17.6. The van der Waals surface area contributed by atoms with Crippen molar-refractivity contribution in [3.8, 4) is 0 Å². The van der Waals surface area contributed by atoms with E-state index in [0.717, 1.165) is 31.2 Å². The number of rotatable bonds is 8. The average molecular weight is 598 g/mol. The molecule has 0 aliphatic heterocycles. The van der Waals surface area contributed by atoms with Gasteiger partial charge in [-0.2, -0.15) is 0 Å². The molecule has 0 radical (unpaired) electrons. The van der Waals surface area contributed by atoms with Crippen LogP contribution >= 0.6 is 0 Å². The Morgan fingerprint density at radius 3 is 2.21 bits per heavy atom. The zero-order valence-corrected chi connectivity index (χ0v) is 28.8. The minimum absolute atomic E-state index is 0.0296. The minimum Gasteiger partial charge on any atom is -0.481 e. The quantitative estimate of drug-likeness (QED) is 0.216. The van der Waals surface area contributed by atoms with Crippen molar-refractivity contribution in [3.05, 3.63) is 12.2 Å². The molecular weight excluding hydrogens is 534 g/mol. The first kappa shape index (κ1) is 33.0. The molecule has 43 heavy (non-hydrogen) atoms. The second-order valence-electron chi connectivity index (χ2n) is 18.3. The van der Waals surface area contributed by atoms with E-state index in [1.165, 1.54) is 63.4 Å². The van der Waals surface area contributed by atoms with Crippen LogP contribution in [0.5, 0.6) is 0 Å². The van der Waals surface area contributed by atoms with Crippen molar-refractivity contribution in [2.45, 2.75) is 145 Å². The number of hydrogen-bond donors (Lipinski definition) is 2. The van der Waals surface area contributed by atoms with Crippen LogP contribution in [0.25, 0.3) is 0 Å². The fourth-order valence-corrected chi connectivity index (χ4v) is 13.2. The standard InChI is InChI=1S/C38H63NO4/c1-24(2)25-12-17-38(20-21-39)19-18-36(8)26(32(25)38)10-11-28-35(7)15-14-29(34(5,6)27(35)13-16-37(28,36)9)43-31(42)23-33(3,4)22-30(40)41/h25-29,32H,1,10-23,39H2,2-9H3,(H,40,41)/t25-,26+,27-,28+,29-,32+,35-,36+,37+,38+/m0/s1. The van der Waals surface area contributed by atoms with E-state index in [2.05, 4.69) is 48.1 Å². The van der Waals surface area contributed by atoms with Crippen molar-refractivity contribution in [3.63, 3.8) is 0 Å². The lowest BCUT2D eigenvalue weighted by Gasteiger charge is -2.73. The summed E-state index contributed by atoms with van der Waals surface area (Å²) in [5.74, 6) is 2.20. The van der Waals surface area contributed by atoms with Crippen LogP contribution in [0.4, 0.5) is 0 Å². The fourth-order valence-electron chi connectivity index (χ4n) is 13.2. The van der Waals surface area contributed by atoms with E-state index < -0.39 is 11.4 Å². The SMILES string of the molecule is C=C(C)[C@@H]1CC[C@]2(CCN)CC[C@]3(C)[C@H](CC[C@@H]4[C@@]5(C)CC[C@H](OC(=O)CC(C)(C)CC(=O)O)C(C)(C)[C@@H]5CC[C@]43C)[C@@H]12. The van der Waals surface area contributed by atoms with Crippen LogP contribution in [-0.4, -0.2) is 29.7 Å². The Balaban J connectivity index is 1.39. The molecule has 5 fully saturated rings. The highest BCUT2D eigenvalue weighted by molar-refractivity contribution is 5.73. The van der Waals surface area contributed by atoms with Crippen LogP contribution in [-0.2, 0) is 14.3 Å². The maximum absolute atomic E-state index is 13.1. The van der Waals surface area contributed by atoms with Crippen molar-refractivity contribution in [2.75, 3.05) is 6.54 Å². The molecule has 5 rings (SSSR count). The smallest absolute Gasteiger partial charge is 0.306 e. The van der Waals surface area contributed by atoms with E-state index >= 15 is 0 Å². The van der Waals surface area contributed by atoms with Crippen LogP contribution in [0, 0.1) is 62.1 Å². The predicted octanol–water partition coefficient (Wildman–Crippen LogP) is 8.80. The Morgan fingerprint density at radius 2 is 1.58 bits per heavy atom. The summed E-state index contributed by atoms with van der Waals surface area (Å²) in [7, 11) is 0. The van der Waals surface area contributed by atoms with Gasteiger partial charge in [0.15, 0.2) is 0 Å². The number of ether oxygens (including phenoxy) is 1. The van der Waals surface area contributed by atoms with Gasteiger partial charge in [-0.05, 0) is 141 Å². The molecule has 0 saturated heterocycles. The number of carboxylic acids is 1. The number of esters is 1. The van der Waals surface area contributed by atoms with Gasteiger partial charge in [0.05, 0.1) is 12.8 Å². The molecule has 5 saturated carbocycles. The summed E-state index contributed by atoms with van der Waals surface area (Å²) < 4.78 is 6.25. The molecule has 5 aliphatic carbocycles. The molecule has 3 N–H and O–H groups in total. The predicted molar refractivity (Wildman–Crippen MR) is 173 cm³/mol. The molecule has 0 bridgehead atoms. The molecule has 10 atom stereocenters. The van der Waals surface area contributed by atoms with Crippen LogP contribution in [0.3, 0.4) is 0 Å². The molecule has 5 heteroatoms. The molecule has 244 valence electrons. The highest BCUT2D eigenvalue weighted by atomic mass is 16.5. The number of carbonyl (C=O) groups excluding carboxylic acids is 1. The van der Waals surface area contributed by atoms with Gasteiger partial charge in [-0.15, -0.1) is 0 Å². The third-order valence-electron chi connectivity index (χ3n) is 15.3. The zero-order valence-electron chi connectivity index (χ0n) is 28.8. The summed E-state index contributed by atoms with van der Waals surface area (Å²) in [4.78, 5) is 24.4. The van der Waals surface area contributed by atoms with Crippen LogP contribution in [0.2, 0.25) is 0 Å². The number of carbonyl (C=O) groups is 2. The summed E-state index contributed by atoms with van der Waals surface area (Å²) in [6, 6.07) is 0. The van der Waals surface area contributed by atoms with Crippen LogP contribution in [0.1, 0.15) is 139 Å². The number of hydrogen-bond acceptors (Lipinski definition) is 4. The van der Waals surface area contributed by atoms with Gasteiger partial charge in [-0.3, -0.25) is 9.59 Å². The average Bonchev–Trinajstić information content (AvgIpc) is 3.25. The van der Waals surface area contributed by atoms with Crippen LogP contribution < -0.4 is 5.73 Å². The molecule has 5 aliphatic rings. The lowest BCUT2D eigenvalue weighted by atomic mass is 9.32. The summed E-state index contributed by atoms with van der Waals surface area (Å²) in [6.07, 6.45) is 13.6. The monoisotopic (exact) mass is 597 g/mol. The highest BCUT2D eigenvalue weighted by Crippen LogP contribution is 2.78. The highest BCUT2D eigenvalue weighted by Gasteiger charge is 2.70. The van der Waals surface area contributed by atoms with Gasteiger partial charge < -0.3 is 15.6 Å². The maximum Gasteiger partial charge on any atom is 0.306 e. The second-order valence-corrected chi connectivity index (χ2v) is 18.3. The molecule has 0 aromatic rings. The van der Waals surface area contributed by atoms with Gasteiger partial charge in [0.2, 0.25) is 0 Å². The Kier molecular flexibility index (Phi) is 8.35. The number of fused-ring (bicyclic) bond motifs is 7. The van der Waals surface area contributed by atoms with E-state index in [0.29, 0.717) is 34.0 Å². The largest absolute Gasteiger partial charge is 0.481 e. The number of carboxylic acid groups (broad SMARTS) is 1. The van der Waals surface area contributed by atoms with E-state index in [4.69, 9.17) is 10.5 Å². The number of aliphatic carboxylic acids is 1. The van der Waals surface area contributed by atoms with Crippen LogP contribution in [0.15, 0.2) is 12.2 Å². The molecule has 5 nitrogen and oxygen atoms in total. The first-order valence-electron chi connectivity index (χ1n) is 17.6. The lowest BCUT2D eigenvalue weighted by Crippen LogP contribution is -2.66. The maximum atomic E-state index is 13.1. The zero-order chi connectivity index (χ0) is 31.8. The summed E-state index contributed by atoms with van der Waals surface area (Å²) in [6.45, 7) is 24.0. The van der Waals surface area contributed by atoms with Gasteiger partial charge >= 0.3 is 11.9 Å². The summed E-state index contributed by atoms with van der Waals surface area (Å²) in [5, 5.41) is 9.29. The summed E-state index contributed by atoms with van der Waals surface area (Å²) in [5.41, 5.74) is 8.24. The molecule has 0 aromatic carbocycles. The molecule has 0 aromatic heterocycles. The third-order valence-corrected chi connectivity index (χ3v) is 15.3. The topological polar surface area (TPSA) is 89.6 Å². The Hall–Kier alpha value is -1.36. The van der Waals surface area contributed by atoms with Crippen molar-refractivity contribution in [2.24, 2.45) is 67.8 Å². The van der Waals surface area contributed by atoms with Crippen molar-refractivity contribution >= 4 is 11.9 Å². The van der Waals surface area contributed by atoms with Gasteiger partial charge in [0.1, 0.15) is 6.10 Å². The lowest BCUT2D eigenvalue weighted by molar-refractivity contribution is -0.250. The second kappa shape index (κ2) is 10.9. The Labute approximate surface area is 262 Å². The Morgan fingerprint density at radius 1 is 0.884 bits per heavy atom. The minimum atomic E-state index is -0.869. The van der Waals surface area contributed by atoms with E-state index in [1.807, 2.05) is 13.8 Å². The van der Waals surface area contributed by atoms with E-state index in [1.54, 1.807) is 0 Å². The van der Waals surface area contributed by atoms with Gasteiger partial charge in [0, 0.05) is 5.41 Å². The third kappa shape index (κ3) is 5.05. The number of nitrogens with two attached hydrogens (primary N) is 1. The van der Waals surface area contributed by atoms with E-state index in [-0.39, 0.29) is 35.7 Å². The van der Waals surface area contributed by atoms with Crippen molar-refractivity contribution < 1.29 is 19.4 Å². The first-order chi connectivity index (χ1) is 19.9. The van der Waals surface area contributed by atoms with Gasteiger partial charge in [-0.25, -0.2) is 0 Å². The molecule has 0 heterocycles. The molecule has 0 spiro atoms. The summed E-state index contributed by atoms with van der Waals surface area (Å²) >= 11 is 0. The normalized spacial score (nSPS) is 45.2. The fraction of sp³-hybridized carbons (Fsp3) is 0.895. The number of allylic oxidation sites excluding steroid dienone is 1. The molecule has 0 amide bonds.